The average molecular weight is 344 g/mol. The fraction of sp³-hybridized carbons (Fsp3) is 0.412. The molecule has 1 fully saturated rings. The van der Waals surface area contributed by atoms with Crippen molar-refractivity contribution in [3.63, 3.8) is 0 Å². The van der Waals surface area contributed by atoms with E-state index in [2.05, 4.69) is 15.4 Å². The van der Waals surface area contributed by atoms with E-state index in [1.807, 2.05) is 0 Å². The van der Waals surface area contributed by atoms with Crippen molar-refractivity contribution in [2.45, 2.75) is 25.5 Å². The van der Waals surface area contributed by atoms with Crippen molar-refractivity contribution >= 4 is 5.91 Å². The maximum absolute atomic E-state index is 12.1. The predicted molar refractivity (Wildman–Crippen MR) is 89.5 cm³/mol. The van der Waals surface area contributed by atoms with Crippen LogP contribution in [0.2, 0.25) is 0 Å². The molecule has 0 unspecified atom stereocenters. The number of carbonyl (C=O) groups is 1. The van der Waals surface area contributed by atoms with Gasteiger partial charge in [0.05, 0.1) is 18.8 Å². The first-order valence-electron chi connectivity index (χ1n) is 8.23. The van der Waals surface area contributed by atoms with E-state index >= 15 is 0 Å². The van der Waals surface area contributed by atoms with Crippen LogP contribution in [0.1, 0.15) is 23.2 Å². The zero-order valence-electron chi connectivity index (χ0n) is 13.8. The van der Waals surface area contributed by atoms with Gasteiger partial charge in [-0.05, 0) is 18.6 Å². The SMILES string of the molecule is O=C(NCCCn1ncccc1=O)c1ccc(O[C@@H]2CCOC2)nc1. The first-order valence-corrected chi connectivity index (χ1v) is 8.23. The summed E-state index contributed by atoms with van der Waals surface area (Å²) in [6, 6.07) is 6.41. The molecule has 1 aliphatic heterocycles. The summed E-state index contributed by atoms with van der Waals surface area (Å²) in [7, 11) is 0. The number of amides is 1. The van der Waals surface area contributed by atoms with E-state index in [0.717, 1.165) is 6.42 Å². The lowest BCUT2D eigenvalue weighted by atomic mass is 10.2. The number of nitrogens with zero attached hydrogens (tertiary/aromatic N) is 3. The summed E-state index contributed by atoms with van der Waals surface area (Å²) in [5, 5.41) is 6.76. The maximum atomic E-state index is 12.1. The highest BCUT2D eigenvalue weighted by atomic mass is 16.5. The van der Waals surface area contributed by atoms with Crippen molar-refractivity contribution < 1.29 is 14.3 Å². The molecule has 3 rings (SSSR count). The summed E-state index contributed by atoms with van der Waals surface area (Å²) < 4.78 is 12.3. The molecule has 1 atom stereocenters. The molecule has 1 saturated heterocycles. The number of nitrogens with one attached hydrogen (secondary N) is 1. The summed E-state index contributed by atoms with van der Waals surface area (Å²) in [6.07, 6.45) is 4.54. The van der Waals surface area contributed by atoms with Crippen LogP contribution in [0.25, 0.3) is 0 Å². The lowest BCUT2D eigenvalue weighted by Gasteiger charge is -2.11. The minimum Gasteiger partial charge on any atom is -0.472 e. The molecule has 1 amide bonds. The van der Waals surface area contributed by atoms with Crippen LogP contribution in [0.3, 0.4) is 0 Å². The van der Waals surface area contributed by atoms with Gasteiger partial charge in [-0.2, -0.15) is 5.10 Å². The summed E-state index contributed by atoms with van der Waals surface area (Å²) >= 11 is 0. The molecule has 0 saturated carbocycles. The van der Waals surface area contributed by atoms with Gasteiger partial charge in [0.25, 0.3) is 11.5 Å². The first-order chi connectivity index (χ1) is 12.2. The Kier molecular flexibility index (Phi) is 5.73. The number of aromatic nitrogens is 3. The first kappa shape index (κ1) is 17.1. The Hall–Kier alpha value is -2.74. The van der Waals surface area contributed by atoms with Crippen molar-refractivity contribution in [3.8, 4) is 5.88 Å². The Morgan fingerprint density at radius 2 is 2.32 bits per heavy atom. The third-order valence-electron chi connectivity index (χ3n) is 3.79. The summed E-state index contributed by atoms with van der Waals surface area (Å²) in [4.78, 5) is 27.7. The summed E-state index contributed by atoms with van der Waals surface area (Å²) in [5.41, 5.74) is 0.311. The van der Waals surface area contributed by atoms with Gasteiger partial charge in [0, 0.05) is 44.0 Å². The van der Waals surface area contributed by atoms with Crippen LogP contribution in [0, 0.1) is 0 Å². The smallest absolute Gasteiger partial charge is 0.266 e. The van der Waals surface area contributed by atoms with Gasteiger partial charge < -0.3 is 14.8 Å². The number of carbonyl (C=O) groups excluding carboxylic acids is 1. The number of hydrogen-bond acceptors (Lipinski definition) is 6. The Morgan fingerprint density at radius 3 is 3.04 bits per heavy atom. The van der Waals surface area contributed by atoms with Gasteiger partial charge in [-0.3, -0.25) is 9.59 Å². The molecule has 8 nitrogen and oxygen atoms in total. The van der Waals surface area contributed by atoms with Crippen LogP contribution in [0.4, 0.5) is 0 Å². The lowest BCUT2D eigenvalue weighted by molar-refractivity contribution is 0.0952. The fourth-order valence-electron chi connectivity index (χ4n) is 2.45. The summed E-state index contributed by atoms with van der Waals surface area (Å²) in [6.45, 7) is 2.17. The van der Waals surface area contributed by atoms with Crippen molar-refractivity contribution in [3.05, 3.63) is 52.6 Å². The van der Waals surface area contributed by atoms with E-state index in [1.165, 1.54) is 16.9 Å². The van der Waals surface area contributed by atoms with Crippen molar-refractivity contribution in [2.75, 3.05) is 19.8 Å². The molecule has 0 bridgehead atoms. The highest BCUT2D eigenvalue weighted by molar-refractivity contribution is 5.93. The minimum atomic E-state index is -0.211. The second-order valence-corrected chi connectivity index (χ2v) is 5.68. The van der Waals surface area contributed by atoms with Crippen molar-refractivity contribution in [2.24, 2.45) is 0 Å². The van der Waals surface area contributed by atoms with E-state index in [0.29, 0.717) is 44.2 Å². The van der Waals surface area contributed by atoms with Gasteiger partial charge in [-0.1, -0.05) is 0 Å². The highest BCUT2D eigenvalue weighted by Crippen LogP contribution is 2.14. The largest absolute Gasteiger partial charge is 0.472 e. The zero-order valence-corrected chi connectivity index (χ0v) is 13.8. The average Bonchev–Trinajstić information content (AvgIpc) is 3.13. The normalized spacial score (nSPS) is 16.6. The highest BCUT2D eigenvalue weighted by Gasteiger charge is 2.17. The number of rotatable bonds is 7. The van der Waals surface area contributed by atoms with Crippen LogP contribution < -0.4 is 15.6 Å². The molecule has 8 heteroatoms. The molecule has 0 aromatic carbocycles. The zero-order chi connectivity index (χ0) is 17.5. The van der Waals surface area contributed by atoms with Crippen LogP contribution in [0.15, 0.2) is 41.5 Å². The molecule has 1 aliphatic rings. The van der Waals surface area contributed by atoms with Crippen LogP contribution in [-0.2, 0) is 11.3 Å². The van der Waals surface area contributed by atoms with Gasteiger partial charge in [0.1, 0.15) is 6.10 Å². The van der Waals surface area contributed by atoms with Gasteiger partial charge >= 0.3 is 0 Å². The number of pyridine rings is 1. The predicted octanol–water partition coefficient (Wildman–Crippen LogP) is 0.626. The Labute approximate surface area is 144 Å². The van der Waals surface area contributed by atoms with E-state index in [1.54, 1.807) is 24.4 Å². The minimum absolute atomic E-state index is 0.0298. The van der Waals surface area contributed by atoms with E-state index < -0.39 is 0 Å². The Balaban J connectivity index is 1.43. The monoisotopic (exact) mass is 344 g/mol. The quantitative estimate of drug-likeness (QED) is 0.740. The second-order valence-electron chi connectivity index (χ2n) is 5.68. The topological polar surface area (TPSA) is 95.3 Å². The molecule has 3 heterocycles. The summed E-state index contributed by atoms with van der Waals surface area (Å²) in [5.74, 6) is 0.276. The number of ether oxygens (including phenoxy) is 2. The van der Waals surface area contributed by atoms with Crippen LogP contribution in [-0.4, -0.2) is 46.5 Å². The second kappa shape index (κ2) is 8.39. The van der Waals surface area contributed by atoms with Crippen molar-refractivity contribution in [1.82, 2.24) is 20.1 Å². The third-order valence-corrected chi connectivity index (χ3v) is 3.79. The molecular formula is C17H20N4O4. The van der Waals surface area contributed by atoms with Gasteiger partial charge in [-0.25, -0.2) is 9.67 Å². The van der Waals surface area contributed by atoms with Crippen molar-refractivity contribution in [1.29, 1.82) is 0 Å². The number of aryl methyl sites for hydroxylation is 1. The maximum Gasteiger partial charge on any atom is 0.266 e. The molecule has 0 radical (unpaired) electrons. The Bertz CT molecular complexity index is 754. The molecular weight excluding hydrogens is 324 g/mol. The Morgan fingerprint density at radius 1 is 1.40 bits per heavy atom. The van der Waals surface area contributed by atoms with E-state index in [-0.39, 0.29) is 17.6 Å². The van der Waals surface area contributed by atoms with Crippen LogP contribution in [0.5, 0.6) is 5.88 Å². The number of hydrogen-bond donors (Lipinski definition) is 1. The molecule has 0 spiro atoms. The van der Waals surface area contributed by atoms with Gasteiger partial charge in [0.15, 0.2) is 0 Å². The molecule has 1 N–H and O–H groups in total. The van der Waals surface area contributed by atoms with Gasteiger partial charge in [-0.15, -0.1) is 0 Å². The molecule has 2 aromatic heterocycles. The van der Waals surface area contributed by atoms with Crippen LogP contribution >= 0.6 is 0 Å². The molecule has 2 aromatic rings. The van der Waals surface area contributed by atoms with Gasteiger partial charge in [0.2, 0.25) is 5.88 Å². The molecule has 0 aliphatic carbocycles. The lowest BCUT2D eigenvalue weighted by Crippen LogP contribution is -2.27. The molecule has 132 valence electrons. The van der Waals surface area contributed by atoms with E-state index in [9.17, 15) is 9.59 Å². The fourth-order valence-corrected chi connectivity index (χ4v) is 2.45. The molecule has 25 heavy (non-hydrogen) atoms. The standard InChI is InChI=1S/C17H20N4O4/c22-16-3-1-8-20-21(16)9-2-7-18-17(23)13-4-5-15(19-11-13)25-14-6-10-24-12-14/h1,3-5,8,11,14H,2,6-7,9-10,12H2,(H,18,23)/t14-/m1/s1. The van der Waals surface area contributed by atoms with E-state index in [4.69, 9.17) is 9.47 Å². The third kappa shape index (κ3) is 4.87.